The first kappa shape index (κ1) is 15.6. The Hall–Kier alpha value is -2.94. The highest BCUT2D eigenvalue weighted by atomic mass is 32.1. The number of amides is 2. The minimum absolute atomic E-state index is 0.0332. The van der Waals surface area contributed by atoms with Gasteiger partial charge in [0, 0.05) is 13.1 Å². The third-order valence-electron chi connectivity index (χ3n) is 4.15. The molecule has 4 rings (SSSR count). The summed E-state index contributed by atoms with van der Waals surface area (Å²) in [5.41, 5.74) is 6.63. The highest BCUT2D eigenvalue weighted by Gasteiger charge is 2.24. The number of nitrogens with zero attached hydrogens (tertiary/aromatic N) is 4. The molecule has 8 nitrogen and oxygen atoms in total. The zero-order valence-electron chi connectivity index (χ0n) is 13.3. The standard InChI is InChI=1S/C16H16N6O2S/c17-15(24)11-7-18-13-9-21(5-6-22(11)13)14(23)8-19-16-20-10-3-1-2-4-12(10)25-16/h1-4,7H,5-6,8-9H2,(H2,17,24)(H,19,20). The lowest BCUT2D eigenvalue weighted by Crippen LogP contribution is -2.41. The lowest BCUT2D eigenvalue weighted by molar-refractivity contribution is -0.130. The molecule has 3 aromatic rings. The van der Waals surface area contributed by atoms with Crippen molar-refractivity contribution in [2.24, 2.45) is 5.73 Å². The van der Waals surface area contributed by atoms with Gasteiger partial charge in [0.2, 0.25) is 5.91 Å². The molecule has 0 saturated heterocycles. The van der Waals surface area contributed by atoms with Gasteiger partial charge >= 0.3 is 0 Å². The maximum atomic E-state index is 12.4. The van der Waals surface area contributed by atoms with Crippen LogP contribution in [0.1, 0.15) is 16.3 Å². The summed E-state index contributed by atoms with van der Waals surface area (Å²) in [7, 11) is 0. The molecule has 0 fully saturated rings. The Kier molecular flexibility index (Phi) is 3.85. The number of aromatic nitrogens is 3. The van der Waals surface area contributed by atoms with Gasteiger partial charge in [0.25, 0.3) is 5.91 Å². The number of carbonyl (C=O) groups excluding carboxylic acids is 2. The number of hydrogen-bond acceptors (Lipinski definition) is 6. The van der Waals surface area contributed by atoms with Crippen LogP contribution in [0.15, 0.2) is 30.5 Å². The Balaban J connectivity index is 1.40. The van der Waals surface area contributed by atoms with Crippen LogP contribution >= 0.6 is 11.3 Å². The highest BCUT2D eigenvalue weighted by Crippen LogP contribution is 2.25. The van der Waals surface area contributed by atoms with Gasteiger partial charge in [0.05, 0.1) is 29.5 Å². The van der Waals surface area contributed by atoms with Crippen LogP contribution in [-0.4, -0.2) is 44.3 Å². The van der Waals surface area contributed by atoms with E-state index in [2.05, 4.69) is 15.3 Å². The molecule has 3 heterocycles. The van der Waals surface area contributed by atoms with E-state index in [0.29, 0.717) is 31.2 Å². The molecule has 1 aliphatic heterocycles. The average molecular weight is 356 g/mol. The molecule has 3 N–H and O–H groups in total. The summed E-state index contributed by atoms with van der Waals surface area (Å²) in [5, 5.41) is 3.82. The van der Waals surface area contributed by atoms with Gasteiger partial charge < -0.3 is 20.5 Å². The van der Waals surface area contributed by atoms with Crippen LogP contribution in [0.5, 0.6) is 0 Å². The first-order valence-electron chi connectivity index (χ1n) is 7.83. The molecular weight excluding hydrogens is 340 g/mol. The van der Waals surface area contributed by atoms with Crippen LogP contribution < -0.4 is 11.1 Å². The Labute approximate surface area is 147 Å². The molecule has 0 saturated carbocycles. The number of hydrogen-bond donors (Lipinski definition) is 2. The van der Waals surface area contributed by atoms with E-state index in [4.69, 9.17) is 5.73 Å². The molecule has 2 amide bonds. The molecule has 0 radical (unpaired) electrons. The van der Waals surface area contributed by atoms with Crippen molar-refractivity contribution in [2.75, 3.05) is 18.4 Å². The number of thiazole rings is 1. The number of para-hydroxylation sites is 1. The first-order valence-corrected chi connectivity index (χ1v) is 8.65. The number of carbonyl (C=O) groups is 2. The summed E-state index contributed by atoms with van der Waals surface area (Å²) < 4.78 is 2.85. The van der Waals surface area contributed by atoms with Crippen molar-refractivity contribution < 1.29 is 9.59 Å². The maximum Gasteiger partial charge on any atom is 0.266 e. The number of nitrogens with one attached hydrogen (secondary N) is 1. The van der Waals surface area contributed by atoms with Gasteiger partial charge in [-0.15, -0.1) is 0 Å². The molecule has 0 atom stereocenters. The van der Waals surface area contributed by atoms with Crippen LogP contribution in [0.4, 0.5) is 5.13 Å². The lowest BCUT2D eigenvalue weighted by Gasteiger charge is -2.28. The van der Waals surface area contributed by atoms with Gasteiger partial charge in [-0.1, -0.05) is 23.5 Å². The van der Waals surface area contributed by atoms with E-state index in [0.717, 1.165) is 15.3 Å². The summed E-state index contributed by atoms with van der Waals surface area (Å²) in [4.78, 5) is 34.2. The molecule has 0 aliphatic carbocycles. The van der Waals surface area contributed by atoms with Gasteiger partial charge in [0.15, 0.2) is 5.13 Å². The normalized spacial score (nSPS) is 13.7. The molecule has 0 unspecified atom stereocenters. The molecule has 9 heteroatoms. The Morgan fingerprint density at radius 2 is 2.12 bits per heavy atom. The van der Waals surface area contributed by atoms with Gasteiger partial charge in [-0.3, -0.25) is 9.59 Å². The summed E-state index contributed by atoms with van der Waals surface area (Å²) in [6.07, 6.45) is 1.46. The fourth-order valence-electron chi connectivity index (χ4n) is 2.88. The quantitative estimate of drug-likeness (QED) is 0.727. The lowest BCUT2D eigenvalue weighted by atomic mass is 10.3. The van der Waals surface area contributed by atoms with Crippen LogP contribution in [0, 0.1) is 0 Å². The van der Waals surface area contributed by atoms with E-state index >= 15 is 0 Å². The topological polar surface area (TPSA) is 106 Å². The number of primary amides is 1. The van der Waals surface area contributed by atoms with Crippen LogP contribution in [0.25, 0.3) is 10.2 Å². The Morgan fingerprint density at radius 1 is 1.28 bits per heavy atom. The third-order valence-corrected chi connectivity index (χ3v) is 5.15. The van der Waals surface area contributed by atoms with Crippen molar-refractivity contribution in [3.05, 3.63) is 42.0 Å². The average Bonchev–Trinajstić information content (AvgIpc) is 3.22. The Morgan fingerprint density at radius 3 is 2.92 bits per heavy atom. The van der Waals surface area contributed by atoms with Crippen LogP contribution in [0.3, 0.4) is 0 Å². The second kappa shape index (κ2) is 6.17. The fourth-order valence-corrected chi connectivity index (χ4v) is 3.74. The van der Waals surface area contributed by atoms with Gasteiger partial charge in [-0.25, -0.2) is 9.97 Å². The van der Waals surface area contributed by atoms with E-state index in [1.165, 1.54) is 17.5 Å². The first-order chi connectivity index (χ1) is 12.1. The molecule has 0 bridgehead atoms. The van der Waals surface area contributed by atoms with E-state index in [-0.39, 0.29) is 12.5 Å². The van der Waals surface area contributed by atoms with Crippen LogP contribution in [0.2, 0.25) is 0 Å². The van der Waals surface area contributed by atoms with Gasteiger partial charge in [0.1, 0.15) is 11.5 Å². The number of rotatable bonds is 4. The van der Waals surface area contributed by atoms with Crippen molar-refractivity contribution in [1.82, 2.24) is 19.4 Å². The molecule has 128 valence electrons. The number of benzene rings is 1. The van der Waals surface area contributed by atoms with E-state index in [9.17, 15) is 9.59 Å². The SMILES string of the molecule is NC(=O)c1cnc2n1CCN(C(=O)CNc1nc3ccccc3s1)C2. The highest BCUT2D eigenvalue weighted by molar-refractivity contribution is 7.22. The zero-order chi connectivity index (χ0) is 17.4. The monoisotopic (exact) mass is 356 g/mol. The van der Waals surface area contributed by atoms with Crippen molar-refractivity contribution in [2.45, 2.75) is 13.1 Å². The fraction of sp³-hybridized carbons (Fsp3) is 0.250. The maximum absolute atomic E-state index is 12.4. The second-order valence-electron chi connectivity index (χ2n) is 5.73. The van der Waals surface area contributed by atoms with Crippen molar-refractivity contribution in [3.8, 4) is 0 Å². The number of fused-ring (bicyclic) bond motifs is 2. The van der Waals surface area contributed by atoms with Crippen molar-refractivity contribution in [3.63, 3.8) is 0 Å². The minimum atomic E-state index is -0.504. The molecular formula is C16H16N6O2S. The van der Waals surface area contributed by atoms with E-state index < -0.39 is 5.91 Å². The number of imidazole rings is 1. The van der Waals surface area contributed by atoms with Gasteiger partial charge in [-0.05, 0) is 12.1 Å². The minimum Gasteiger partial charge on any atom is -0.364 e. The molecule has 1 aliphatic rings. The number of anilines is 1. The summed E-state index contributed by atoms with van der Waals surface area (Å²) in [6, 6.07) is 7.85. The van der Waals surface area contributed by atoms with Gasteiger partial charge in [-0.2, -0.15) is 0 Å². The third kappa shape index (κ3) is 2.93. The summed E-state index contributed by atoms with van der Waals surface area (Å²) in [5.74, 6) is 0.138. The summed E-state index contributed by atoms with van der Waals surface area (Å²) in [6.45, 7) is 1.57. The van der Waals surface area contributed by atoms with E-state index in [1.807, 2.05) is 24.3 Å². The molecule has 25 heavy (non-hydrogen) atoms. The number of nitrogens with two attached hydrogens (primary N) is 1. The largest absolute Gasteiger partial charge is 0.364 e. The predicted molar refractivity (Wildman–Crippen MR) is 94.3 cm³/mol. The summed E-state index contributed by atoms with van der Waals surface area (Å²) >= 11 is 1.52. The second-order valence-corrected chi connectivity index (χ2v) is 6.76. The molecule has 1 aromatic carbocycles. The zero-order valence-corrected chi connectivity index (χ0v) is 14.1. The van der Waals surface area contributed by atoms with E-state index in [1.54, 1.807) is 9.47 Å². The van der Waals surface area contributed by atoms with Crippen molar-refractivity contribution in [1.29, 1.82) is 0 Å². The molecule has 0 spiro atoms. The predicted octanol–water partition coefficient (Wildman–Crippen LogP) is 1.05. The van der Waals surface area contributed by atoms with Crippen LogP contribution in [-0.2, 0) is 17.9 Å². The smallest absolute Gasteiger partial charge is 0.266 e. The Bertz CT molecular complexity index is 930. The van der Waals surface area contributed by atoms with Crippen molar-refractivity contribution >= 4 is 38.5 Å². The molecule has 2 aromatic heterocycles.